The number of anilines is 2. The summed E-state index contributed by atoms with van der Waals surface area (Å²) in [4.78, 5) is -0.505. The zero-order valence-corrected chi connectivity index (χ0v) is 13.8. The molecule has 0 unspecified atom stereocenters. The predicted molar refractivity (Wildman–Crippen MR) is 81.9 cm³/mol. The van der Waals surface area contributed by atoms with Crippen molar-refractivity contribution in [1.29, 1.82) is 0 Å². The minimum absolute atomic E-state index is 0.138. The molecule has 0 amide bonds. The first kappa shape index (κ1) is 15.8. The van der Waals surface area contributed by atoms with E-state index < -0.39 is 20.7 Å². The molecule has 0 aliphatic rings. The third-order valence-electron chi connectivity index (χ3n) is 2.83. The Morgan fingerprint density at radius 1 is 1.48 bits per heavy atom. The van der Waals surface area contributed by atoms with E-state index in [9.17, 15) is 12.8 Å². The van der Waals surface area contributed by atoms with Crippen LogP contribution in [0.3, 0.4) is 0 Å². The first-order chi connectivity index (χ1) is 9.74. The SMILES string of the molecule is CCc1nn(C)cc1NS(=O)(=O)c1cc(N)c(Br)cc1F. The molecule has 0 saturated heterocycles. The molecule has 0 spiro atoms. The summed E-state index contributed by atoms with van der Waals surface area (Å²) in [6.07, 6.45) is 2.07. The highest BCUT2D eigenvalue weighted by Gasteiger charge is 2.22. The van der Waals surface area contributed by atoms with Gasteiger partial charge in [-0.15, -0.1) is 0 Å². The van der Waals surface area contributed by atoms with Gasteiger partial charge in [0.25, 0.3) is 10.0 Å². The Bertz CT molecular complexity index is 789. The summed E-state index contributed by atoms with van der Waals surface area (Å²) in [5.74, 6) is -0.884. The highest BCUT2D eigenvalue weighted by Crippen LogP contribution is 2.28. The molecule has 0 atom stereocenters. The van der Waals surface area contributed by atoms with Crippen LogP contribution < -0.4 is 10.5 Å². The van der Waals surface area contributed by atoms with Crippen molar-refractivity contribution in [1.82, 2.24) is 9.78 Å². The molecule has 0 aliphatic heterocycles. The lowest BCUT2D eigenvalue weighted by Crippen LogP contribution is -2.15. The Balaban J connectivity index is 2.45. The third-order valence-corrected chi connectivity index (χ3v) is 4.89. The summed E-state index contributed by atoms with van der Waals surface area (Å²) in [5, 5.41) is 4.12. The van der Waals surface area contributed by atoms with E-state index in [2.05, 4.69) is 25.8 Å². The summed E-state index contributed by atoms with van der Waals surface area (Å²) in [6, 6.07) is 2.09. The van der Waals surface area contributed by atoms with Crippen LogP contribution in [0.25, 0.3) is 0 Å². The molecule has 2 rings (SSSR count). The second-order valence-corrected chi connectivity index (χ2v) is 6.93. The lowest BCUT2D eigenvalue weighted by Gasteiger charge is -2.10. The standard InChI is InChI=1S/C12H14BrFN4O2S/c1-3-10-11(6-18(2)16-10)17-21(19,20)12-5-9(15)7(13)4-8(12)14/h4-6,17H,3,15H2,1-2H3. The van der Waals surface area contributed by atoms with Gasteiger partial charge in [-0.2, -0.15) is 5.10 Å². The lowest BCUT2D eigenvalue weighted by atomic mass is 10.3. The van der Waals surface area contributed by atoms with Crippen LogP contribution in [0, 0.1) is 5.82 Å². The number of nitrogen functional groups attached to an aromatic ring is 1. The van der Waals surface area contributed by atoms with E-state index in [0.717, 1.165) is 12.1 Å². The maximum absolute atomic E-state index is 13.9. The highest BCUT2D eigenvalue weighted by molar-refractivity contribution is 9.10. The number of hydrogen-bond acceptors (Lipinski definition) is 4. The van der Waals surface area contributed by atoms with Crippen molar-refractivity contribution in [2.24, 2.45) is 7.05 Å². The Labute approximate surface area is 130 Å². The summed E-state index contributed by atoms with van der Waals surface area (Å²) in [6.45, 7) is 1.85. The fourth-order valence-electron chi connectivity index (χ4n) is 1.83. The zero-order chi connectivity index (χ0) is 15.8. The van der Waals surface area contributed by atoms with Crippen molar-refractivity contribution in [3.05, 3.63) is 34.3 Å². The molecule has 0 fully saturated rings. The smallest absolute Gasteiger partial charge is 0.265 e. The number of nitrogens with zero attached hydrogens (tertiary/aromatic N) is 2. The van der Waals surface area contributed by atoms with E-state index in [1.54, 1.807) is 7.05 Å². The van der Waals surface area contributed by atoms with Gasteiger partial charge in [-0.05, 0) is 34.5 Å². The van der Waals surface area contributed by atoms with E-state index in [-0.39, 0.29) is 5.69 Å². The summed E-state index contributed by atoms with van der Waals surface area (Å²) in [5.41, 5.74) is 6.65. The molecule has 3 N–H and O–H groups in total. The van der Waals surface area contributed by atoms with Gasteiger partial charge in [0.05, 0.1) is 11.4 Å². The van der Waals surface area contributed by atoms with Crippen molar-refractivity contribution in [3.8, 4) is 0 Å². The molecule has 1 aromatic carbocycles. The van der Waals surface area contributed by atoms with Crippen LogP contribution in [0.5, 0.6) is 0 Å². The van der Waals surface area contributed by atoms with Crippen molar-refractivity contribution < 1.29 is 12.8 Å². The van der Waals surface area contributed by atoms with Gasteiger partial charge in [0.15, 0.2) is 0 Å². The molecular weight excluding hydrogens is 363 g/mol. The van der Waals surface area contributed by atoms with Crippen molar-refractivity contribution >= 4 is 37.3 Å². The fourth-order valence-corrected chi connectivity index (χ4v) is 3.31. The van der Waals surface area contributed by atoms with Crippen LogP contribution in [-0.4, -0.2) is 18.2 Å². The van der Waals surface area contributed by atoms with E-state index in [0.29, 0.717) is 22.3 Å². The number of hydrogen-bond donors (Lipinski definition) is 2. The Kier molecular flexibility index (Phi) is 4.24. The van der Waals surface area contributed by atoms with Crippen LogP contribution >= 0.6 is 15.9 Å². The molecule has 1 aromatic heterocycles. The second-order valence-electron chi connectivity index (χ2n) is 4.43. The molecule has 2 aromatic rings. The first-order valence-corrected chi connectivity index (χ1v) is 8.32. The van der Waals surface area contributed by atoms with E-state index in [4.69, 9.17) is 5.73 Å². The molecule has 9 heteroatoms. The molecule has 21 heavy (non-hydrogen) atoms. The first-order valence-electron chi connectivity index (χ1n) is 6.04. The highest BCUT2D eigenvalue weighted by atomic mass is 79.9. The number of aryl methyl sites for hydroxylation is 2. The fraction of sp³-hybridized carbons (Fsp3) is 0.250. The molecule has 6 nitrogen and oxygen atoms in total. The molecular formula is C12H14BrFN4O2S. The van der Waals surface area contributed by atoms with Gasteiger partial charge in [-0.25, -0.2) is 12.8 Å². The Morgan fingerprint density at radius 2 is 2.14 bits per heavy atom. The molecule has 0 aliphatic carbocycles. The quantitative estimate of drug-likeness (QED) is 0.800. The van der Waals surface area contributed by atoms with Crippen LogP contribution in [-0.2, 0) is 23.5 Å². The maximum Gasteiger partial charge on any atom is 0.265 e. The largest absolute Gasteiger partial charge is 0.398 e. The number of sulfonamides is 1. The van der Waals surface area contributed by atoms with E-state index >= 15 is 0 Å². The maximum atomic E-state index is 13.9. The Hall–Kier alpha value is -1.61. The molecule has 114 valence electrons. The lowest BCUT2D eigenvalue weighted by molar-refractivity contribution is 0.570. The second kappa shape index (κ2) is 5.64. The average molecular weight is 377 g/mol. The summed E-state index contributed by atoms with van der Waals surface area (Å²) < 4.78 is 42.6. The number of halogens is 2. The molecule has 0 saturated carbocycles. The van der Waals surface area contributed by atoms with Gasteiger partial charge in [-0.1, -0.05) is 6.92 Å². The minimum Gasteiger partial charge on any atom is -0.398 e. The average Bonchev–Trinajstić information content (AvgIpc) is 2.72. The summed E-state index contributed by atoms with van der Waals surface area (Å²) in [7, 11) is -2.41. The topological polar surface area (TPSA) is 90.0 Å². The van der Waals surface area contributed by atoms with Crippen LogP contribution in [0.1, 0.15) is 12.6 Å². The van der Waals surface area contributed by atoms with Gasteiger partial charge in [-0.3, -0.25) is 9.40 Å². The zero-order valence-electron chi connectivity index (χ0n) is 11.4. The minimum atomic E-state index is -4.08. The number of benzene rings is 1. The van der Waals surface area contributed by atoms with Crippen LogP contribution in [0.4, 0.5) is 15.8 Å². The number of aromatic nitrogens is 2. The molecule has 0 radical (unpaired) electrons. The van der Waals surface area contributed by atoms with E-state index in [1.165, 1.54) is 10.9 Å². The normalized spacial score (nSPS) is 11.6. The van der Waals surface area contributed by atoms with Crippen LogP contribution in [0.15, 0.2) is 27.7 Å². The Morgan fingerprint density at radius 3 is 2.76 bits per heavy atom. The van der Waals surface area contributed by atoms with Gasteiger partial charge < -0.3 is 5.73 Å². The molecule has 0 bridgehead atoms. The number of rotatable bonds is 4. The van der Waals surface area contributed by atoms with Gasteiger partial charge >= 0.3 is 0 Å². The van der Waals surface area contributed by atoms with E-state index in [1.807, 2.05) is 6.92 Å². The van der Waals surface area contributed by atoms with Crippen molar-refractivity contribution in [2.45, 2.75) is 18.2 Å². The third kappa shape index (κ3) is 3.18. The number of nitrogens with two attached hydrogens (primary N) is 1. The van der Waals surface area contributed by atoms with Crippen molar-refractivity contribution in [2.75, 3.05) is 10.5 Å². The molecule has 1 heterocycles. The monoisotopic (exact) mass is 376 g/mol. The van der Waals surface area contributed by atoms with Gasteiger partial charge in [0.2, 0.25) is 0 Å². The van der Waals surface area contributed by atoms with Gasteiger partial charge in [0.1, 0.15) is 10.7 Å². The predicted octanol–water partition coefficient (Wildman–Crippen LogP) is 2.27. The van der Waals surface area contributed by atoms with Crippen LogP contribution in [0.2, 0.25) is 0 Å². The van der Waals surface area contributed by atoms with Crippen molar-refractivity contribution in [3.63, 3.8) is 0 Å². The number of nitrogens with one attached hydrogen (secondary N) is 1. The van der Waals surface area contributed by atoms with Gasteiger partial charge in [0, 0.05) is 23.4 Å². The summed E-state index contributed by atoms with van der Waals surface area (Å²) >= 11 is 3.05.